The van der Waals surface area contributed by atoms with Crippen LogP contribution in [-0.2, 0) is 9.59 Å². The van der Waals surface area contributed by atoms with Crippen molar-refractivity contribution in [1.29, 1.82) is 0 Å². The molecule has 1 atom stereocenters. The van der Waals surface area contributed by atoms with Gasteiger partial charge in [0, 0.05) is 13.1 Å². The highest BCUT2D eigenvalue weighted by Crippen LogP contribution is 2.38. The molecule has 1 N–H and O–H groups in total. The van der Waals surface area contributed by atoms with Gasteiger partial charge in [0.1, 0.15) is 11.5 Å². The second kappa shape index (κ2) is 10.5. The Bertz CT molecular complexity index is 1020. The summed E-state index contributed by atoms with van der Waals surface area (Å²) < 4.78 is 10.9. The van der Waals surface area contributed by atoms with Crippen LogP contribution in [-0.4, -0.2) is 59.4 Å². The first-order valence-corrected chi connectivity index (χ1v) is 11.5. The second-order valence-corrected chi connectivity index (χ2v) is 8.34. The summed E-state index contributed by atoms with van der Waals surface area (Å²) in [6.45, 7) is 5.81. The topological polar surface area (TPSA) is 83.2 Å². The molecule has 4 rings (SSSR count). The van der Waals surface area contributed by atoms with Gasteiger partial charge in [-0.25, -0.2) is 0 Å². The van der Waals surface area contributed by atoms with E-state index in [1.165, 1.54) is 12.3 Å². The van der Waals surface area contributed by atoms with Gasteiger partial charge in [0.05, 0.1) is 24.5 Å². The Labute approximate surface area is 193 Å². The van der Waals surface area contributed by atoms with E-state index in [4.69, 9.17) is 9.15 Å². The third-order valence-electron chi connectivity index (χ3n) is 6.04. The van der Waals surface area contributed by atoms with Crippen molar-refractivity contribution in [2.24, 2.45) is 0 Å². The maximum Gasteiger partial charge on any atom is 0.290 e. The summed E-state index contributed by atoms with van der Waals surface area (Å²) in [6, 6.07) is 10.2. The molecular formula is C26H30N2O5. The van der Waals surface area contributed by atoms with Crippen LogP contribution in [0.3, 0.4) is 0 Å². The predicted octanol–water partition coefficient (Wildman–Crippen LogP) is 4.14. The first kappa shape index (κ1) is 22.9. The highest BCUT2D eigenvalue weighted by molar-refractivity contribution is 6.14. The zero-order chi connectivity index (χ0) is 23.2. The molecule has 7 nitrogen and oxygen atoms in total. The van der Waals surface area contributed by atoms with Crippen LogP contribution in [0.4, 0.5) is 0 Å². The fourth-order valence-corrected chi connectivity index (χ4v) is 4.34. The lowest BCUT2D eigenvalue weighted by atomic mass is 9.95. The number of hydrogen-bond acceptors (Lipinski definition) is 6. The van der Waals surface area contributed by atoms with Gasteiger partial charge in [-0.2, -0.15) is 0 Å². The van der Waals surface area contributed by atoms with Crippen LogP contribution >= 0.6 is 0 Å². The van der Waals surface area contributed by atoms with Crippen molar-refractivity contribution in [2.45, 2.75) is 32.2 Å². The summed E-state index contributed by atoms with van der Waals surface area (Å²) >= 11 is 0. The number of nitrogens with zero attached hydrogens (tertiary/aromatic N) is 2. The first-order valence-electron chi connectivity index (χ1n) is 11.5. The quantitative estimate of drug-likeness (QED) is 0.548. The largest absolute Gasteiger partial charge is 0.503 e. The zero-order valence-electron chi connectivity index (χ0n) is 18.9. The lowest BCUT2D eigenvalue weighted by Gasteiger charge is -2.28. The third kappa shape index (κ3) is 5.20. The van der Waals surface area contributed by atoms with E-state index in [-0.39, 0.29) is 5.57 Å². The Morgan fingerprint density at radius 2 is 1.94 bits per heavy atom. The number of ether oxygens (including phenoxy) is 1. The maximum atomic E-state index is 13.1. The Kier molecular flexibility index (Phi) is 7.29. The molecule has 1 amide bonds. The van der Waals surface area contributed by atoms with Crippen LogP contribution in [0.2, 0.25) is 0 Å². The van der Waals surface area contributed by atoms with Crippen LogP contribution in [0.15, 0.2) is 64.5 Å². The predicted molar refractivity (Wildman–Crippen MR) is 125 cm³/mol. The Hall–Kier alpha value is -3.32. The number of aliphatic hydroxyl groups excluding tert-OH is 1. The van der Waals surface area contributed by atoms with Gasteiger partial charge in [-0.3, -0.25) is 9.59 Å². The Morgan fingerprint density at radius 3 is 2.61 bits per heavy atom. The van der Waals surface area contributed by atoms with Crippen molar-refractivity contribution in [3.8, 4) is 5.75 Å². The lowest BCUT2D eigenvalue weighted by molar-refractivity contribution is -0.129. The molecule has 33 heavy (non-hydrogen) atoms. The molecule has 2 aromatic rings. The minimum absolute atomic E-state index is 0.0893. The number of carbonyl (C=O) groups is 2. The SMILES string of the molecule is CCCOc1ccc(C2C(C(=O)/C=C/c3ccco3)=C(O)C(=O)N2CCN2CCCC2)cc1. The van der Waals surface area contributed by atoms with E-state index in [1.807, 2.05) is 31.2 Å². The number of likely N-dealkylation sites (tertiary alicyclic amines) is 1. The molecule has 1 aromatic carbocycles. The third-order valence-corrected chi connectivity index (χ3v) is 6.04. The van der Waals surface area contributed by atoms with Gasteiger partial charge in [0.25, 0.3) is 5.91 Å². The van der Waals surface area contributed by atoms with Crippen molar-refractivity contribution < 1.29 is 23.8 Å². The average molecular weight is 451 g/mol. The van der Waals surface area contributed by atoms with E-state index in [1.54, 1.807) is 23.1 Å². The number of amides is 1. The molecule has 174 valence electrons. The number of ketones is 1. The summed E-state index contributed by atoms with van der Waals surface area (Å²) in [6.07, 6.45) is 7.61. The molecule has 3 heterocycles. The van der Waals surface area contributed by atoms with Crippen molar-refractivity contribution in [3.05, 3.63) is 71.4 Å². The van der Waals surface area contributed by atoms with Crippen molar-refractivity contribution in [3.63, 3.8) is 0 Å². The molecular weight excluding hydrogens is 420 g/mol. The molecule has 1 fully saturated rings. The van der Waals surface area contributed by atoms with Crippen LogP contribution in [0.1, 0.15) is 43.6 Å². The van der Waals surface area contributed by atoms with E-state index < -0.39 is 23.5 Å². The van der Waals surface area contributed by atoms with Gasteiger partial charge in [-0.05, 0) is 74.3 Å². The van der Waals surface area contributed by atoms with E-state index in [0.29, 0.717) is 25.5 Å². The molecule has 7 heteroatoms. The fourth-order valence-electron chi connectivity index (χ4n) is 4.34. The van der Waals surface area contributed by atoms with Crippen LogP contribution in [0, 0.1) is 0 Å². The number of furan rings is 1. The molecule has 0 aliphatic carbocycles. The average Bonchev–Trinajstić information content (AvgIpc) is 3.58. The second-order valence-electron chi connectivity index (χ2n) is 8.34. The smallest absolute Gasteiger partial charge is 0.290 e. The normalized spacial score (nSPS) is 19.2. The summed E-state index contributed by atoms with van der Waals surface area (Å²) in [5.41, 5.74) is 0.846. The van der Waals surface area contributed by atoms with Gasteiger partial charge < -0.3 is 24.1 Å². The van der Waals surface area contributed by atoms with Crippen LogP contribution < -0.4 is 4.74 Å². The van der Waals surface area contributed by atoms with Gasteiger partial charge in [0.2, 0.25) is 0 Å². The summed E-state index contributed by atoms with van der Waals surface area (Å²) in [5, 5.41) is 10.7. The van der Waals surface area contributed by atoms with Gasteiger partial charge >= 0.3 is 0 Å². The molecule has 0 radical (unpaired) electrons. The van der Waals surface area contributed by atoms with E-state index in [9.17, 15) is 14.7 Å². The Balaban J connectivity index is 1.61. The van der Waals surface area contributed by atoms with E-state index in [2.05, 4.69) is 4.90 Å². The van der Waals surface area contributed by atoms with E-state index >= 15 is 0 Å². The number of aliphatic hydroxyl groups is 1. The molecule has 2 aliphatic heterocycles. The highest BCUT2D eigenvalue weighted by Gasteiger charge is 2.42. The molecule has 0 spiro atoms. The molecule has 1 aromatic heterocycles. The van der Waals surface area contributed by atoms with Gasteiger partial charge in [-0.15, -0.1) is 0 Å². The van der Waals surface area contributed by atoms with Crippen molar-refractivity contribution >= 4 is 17.8 Å². The zero-order valence-corrected chi connectivity index (χ0v) is 18.9. The minimum Gasteiger partial charge on any atom is -0.503 e. The number of rotatable bonds is 10. The standard InChI is InChI=1S/C26H30N2O5/c1-2-17-32-21-9-7-19(8-10-21)24-23(22(29)12-11-20-6-5-18-33-20)25(30)26(31)28(24)16-15-27-13-3-4-14-27/h5-12,18,24,30H,2-4,13-17H2,1H3/b12-11+. The number of allylic oxidation sites excluding steroid dienone is 1. The molecule has 0 bridgehead atoms. The molecule has 1 unspecified atom stereocenters. The molecule has 1 saturated heterocycles. The first-order chi connectivity index (χ1) is 16.1. The summed E-state index contributed by atoms with van der Waals surface area (Å²) in [7, 11) is 0. The number of carbonyl (C=O) groups excluding carboxylic acids is 2. The lowest BCUT2D eigenvalue weighted by Crippen LogP contribution is -2.37. The van der Waals surface area contributed by atoms with Crippen LogP contribution in [0.5, 0.6) is 5.75 Å². The maximum absolute atomic E-state index is 13.1. The van der Waals surface area contributed by atoms with Crippen molar-refractivity contribution in [1.82, 2.24) is 9.80 Å². The fraction of sp³-hybridized carbons (Fsp3) is 0.385. The summed E-state index contributed by atoms with van der Waals surface area (Å²) in [5.74, 6) is -0.167. The van der Waals surface area contributed by atoms with Gasteiger partial charge in [0.15, 0.2) is 11.5 Å². The monoisotopic (exact) mass is 450 g/mol. The summed E-state index contributed by atoms with van der Waals surface area (Å²) in [4.78, 5) is 30.1. The Morgan fingerprint density at radius 1 is 1.18 bits per heavy atom. The molecule has 2 aliphatic rings. The van der Waals surface area contributed by atoms with Gasteiger partial charge in [-0.1, -0.05) is 19.1 Å². The number of hydrogen-bond donors (Lipinski definition) is 1. The molecule has 0 saturated carbocycles. The number of benzene rings is 1. The minimum atomic E-state index is -0.658. The van der Waals surface area contributed by atoms with Crippen molar-refractivity contribution in [2.75, 3.05) is 32.8 Å². The van der Waals surface area contributed by atoms with E-state index in [0.717, 1.165) is 43.7 Å². The van der Waals surface area contributed by atoms with Crippen LogP contribution in [0.25, 0.3) is 6.08 Å². The highest BCUT2D eigenvalue weighted by atomic mass is 16.5.